The number of aromatic nitrogens is 4. The molecule has 5 nitrogen and oxygen atoms in total. The van der Waals surface area contributed by atoms with E-state index in [1.165, 1.54) is 33.4 Å². The maximum atomic E-state index is 9.56. The van der Waals surface area contributed by atoms with Gasteiger partial charge in [0, 0.05) is 22.8 Å². The molecule has 5 heterocycles. The van der Waals surface area contributed by atoms with E-state index in [0.717, 1.165) is 77.9 Å². The van der Waals surface area contributed by atoms with E-state index in [2.05, 4.69) is 120 Å². The zero-order chi connectivity index (χ0) is 34.0. The molecule has 6 heteroatoms. The zero-order valence-corrected chi connectivity index (χ0v) is 29.7. The Morgan fingerprint density at radius 3 is 1.36 bits per heavy atom. The summed E-state index contributed by atoms with van der Waals surface area (Å²) in [7, 11) is 0. The van der Waals surface area contributed by atoms with Gasteiger partial charge in [-0.05, 0) is 121 Å². The summed E-state index contributed by atoms with van der Waals surface area (Å²) in [5.74, 6) is 0. The molecule has 0 fully saturated rings. The Balaban J connectivity index is 0.00000392. The van der Waals surface area contributed by atoms with Crippen molar-refractivity contribution in [1.29, 1.82) is 5.26 Å². The summed E-state index contributed by atoms with van der Waals surface area (Å²) in [4.78, 5) is 21.1. The van der Waals surface area contributed by atoms with Crippen molar-refractivity contribution in [2.45, 2.75) is 41.5 Å². The van der Waals surface area contributed by atoms with E-state index in [4.69, 9.17) is 19.9 Å². The quantitative estimate of drug-likeness (QED) is 0.172. The first kappa shape index (κ1) is 32.9. The van der Waals surface area contributed by atoms with Crippen molar-refractivity contribution < 1.29 is 17.1 Å². The van der Waals surface area contributed by atoms with E-state index in [1.54, 1.807) is 0 Å². The number of nitriles is 1. The Morgan fingerprint density at radius 2 is 0.860 bits per heavy atom. The number of hydrogen-bond acceptors (Lipinski definition) is 2. The van der Waals surface area contributed by atoms with E-state index in [9.17, 15) is 5.26 Å². The second-order valence-corrected chi connectivity index (χ2v) is 13.2. The average molecular weight is 696 g/mol. The number of rotatable bonds is 3. The van der Waals surface area contributed by atoms with Gasteiger partial charge in [-0.2, -0.15) is 5.26 Å². The van der Waals surface area contributed by atoms with Crippen LogP contribution >= 0.6 is 0 Å². The molecule has 249 valence electrons. The molecule has 0 amide bonds. The van der Waals surface area contributed by atoms with Gasteiger partial charge in [-0.3, -0.25) is 0 Å². The van der Waals surface area contributed by atoms with Gasteiger partial charge in [-0.1, -0.05) is 83.9 Å². The predicted octanol–water partition coefficient (Wildman–Crippen LogP) is 10.3. The maximum Gasteiger partial charge on any atom is 0.0991 e. The fraction of sp³-hybridized carbons (Fsp3) is 0.136. The monoisotopic (exact) mass is 695 g/mol. The molecule has 0 aliphatic carbocycles. The van der Waals surface area contributed by atoms with E-state index in [1.807, 2.05) is 24.3 Å². The fourth-order valence-electron chi connectivity index (χ4n) is 7.63. The standard InChI is InChI=1S/C44H34N5.Cu/c1-24-19-26(3)40(27(4)20-24)43-36-13-11-32(46-36)33-12-14-37(47-33)44(41-28(5)21-25(2)22-29(41)6)39-18-16-35(49-39)42(34-15-17-38(43)48-34)31-9-7-30(23-45)8-10-31;/h7-22H,1-6H3;/q-3;. The smallest absolute Gasteiger partial charge is 0.0991 e. The Labute approximate surface area is 302 Å². The number of nitrogens with zero attached hydrogens (tertiary/aromatic N) is 5. The SMILES string of the molecule is Cc1cc(C)c(-c2c3nc(c4ccc([n-]4)c(-c4c(C)cc(C)cc4C)c4ccc([n-]4)c(-c4ccc(C#N)cc4)c4ccc2[n-]4)C=C3)c(C)c1.[Cu]. The third-order valence-corrected chi connectivity index (χ3v) is 9.52. The molecule has 0 spiro atoms. The first-order valence-electron chi connectivity index (χ1n) is 16.5. The van der Waals surface area contributed by atoms with Crippen molar-refractivity contribution in [3.63, 3.8) is 0 Å². The summed E-state index contributed by atoms with van der Waals surface area (Å²) in [6, 6.07) is 31.3. The van der Waals surface area contributed by atoms with Gasteiger partial charge in [0.15, 0.2) is 0 Å². The minimum absolute atomic E-state index is 0. The summed E-state index contributed by atoms with van der Waals surface area (Å²) in [5.41, 5.74) is 20.5. The zero-order valence-electron chi connectivity index (χ0n) is 28.8. The molecular formula is C44H34CuN5-3. The molecule has 8 rings (SSSR count). The predicted molar refractivity (Wildman–Crippen MR) is 202 cm³/mol. The van der Waals surface area contributed by atoms with Crippen LogP contribution in [0.3, 0.4) is 0 Å². The second-order valence-electron chi connectivity index (χ2n) is 13.2. The Bertz CT molecular complexity index is 2630. The summed E-state index contributed by atoms with van der Waals surface area (Å²) in [6.07, 6.45) is 4.15. The third-order valence-electron chi connectivity index (χ3n) is 9.52. The van der Waals surface area contributed by atoms with Crippen LogP contribution in [0, 0.1) is 52.9 Å². The van der Waals surface area contributed by atoms with Crippen LogP contribution < -0.4 is 15.0 Å². The molecule has 3 aromatic carbocycles. The Morgan fingerprint density at radius 1 is 0.460 bits per heavy atom. The van der Waals surface area contributed by atoms with Gasteiger partial charge in [0.1, 0.15) is 0 Å². The molecule has 0 N–H and O–H groups in total. The van der Waals surface area contributed by atoms with Gasteiger partial charge in [-0.15, -0.1) is 33.1 Å². The molecule has 50 heavy (non-hydrogen) atoms. The third kappa shape index (κ3) is 5.55. The summed E-state index contributed by atoms with van der Waals surface area (Å²) >= 11 is 0. The molecule has 1 aliphatic rings. The first-order chi connectivity index (χ1) is 23.7. The molecule has 0 unspecified atom stereocenters. The van der Waals surface area contributed by atoms with Crippen molar-refractivity contribution in [2.75, 3.05) is 0 Å². The van der Waals surface area contributed by atoms with E-state index < -0.39 is 0 Å². The van der Waals surface area contributed by atoms with Crippen molar-refractivity contribution in [3.8, 4) is 39.4 Å². The van der Waals surface area contributed by atoms with E-state index >= 15 is 0 Å². The molecule has 0 saturated carbocycles. The van der Waals surface area contributed by atoms with Gasteiger partial charge < -0.3 is 15.0 Å². The topological polar surface area (TPSA) is 79.0 Å². The normalized spacial score (nSPS) is 11.5. The molecule has 0 saturated heterocycles. The van der Waals surface area contributed by atoms with E-state index in [-0.39, 0.29) is 17.1 Å². The van der Waals surface area contributed by atoms with Crippen LogP contribution in [0.5, 0.6) is 0 Å². The largest absolute Gasteiger partial charge is 0.657 e. The van der Waals surface area contributed by atoms with Crippen LogP contribution in [0.1, 0.15) is 50.3 Å². The molecule has 1 radical (unpaired) electrons. The molecule has 1 aliphatic heterocycles. The van der Waals surface area contributed by atoms with Gasteiger partial charge >= 0.3 is 0 Å². The van der Waals surface area contributed by atoms with Gasteiger partial charge in [0.2, 0.25) is 0 Å². The number of hydrogen-bond donors (Lipinski definition) is 0. The molecule has 7 aromatic rings. The van der Waals surface area contributed by atoms with Gasteiger partial charge in [0.25, 0.3) is 0 Å². The van der Waals surface area contributed by atoms with Crippen molar-refractivity contribution in [2.24, 2.45) is 0 Å². The van der Waals surface area contributed by atoms with Gasteiger partial charge in [-0.25, -0.2) is 4.98 Å². The van der Waals surface area contributed by atoms with Crippen molar-refractivity contribution in [3.05, 3.63) is 135 Å². The van der Waals surface area contributed by atoms with Crippen LogP contribution in [0.4, 0.5) is 0 Å². The van der Waals surface area contributed by atoms with Crippen molar-refractivity contribution in [1.82, 2.24) is 19.9 Å². The van der Waals surface area contributed by atoms with Crippen LogP contribution in [-0.4, -0.2) is 4.98 Å². The van der Waals surface area contributed by atoms with Crippen molar-refractivity contribution >= 4 is 45.3 Å². The van der Waals surface area contributed by atoms with Crippen LogP contribution in [0.25, 0.3) is 78.6 Å². The summed E-state index contributed by atoms with van der Waals surface area (Å²) < 4.78 is 0. The number of aryl methyl sites for hydroxylation is 6. The molecule has 8 bridgehead atoms. The Hall–Kier alpha value is -5.60. The van der Waals surface area contributed by atoms with Crippen LogP contribution in [0.2, 0.25) is 0 Å². The average Bonchev–Trinajstić information content (AvgIpc) is 3.89. The fourth-order valence-corrected chi connectivity index (χ4v) is 7.63. The minimum atomic E-state index is 0. The molecule has 4 aromatic heterocycles. The summed E-state index contributed by atoms with van der Waals surface area (Å²) in [6.45, 7) is 12.9. The molecule has 0 atom stereocenters. The van der Waals surface area contributed by atoms with E-state index in [0.29, 0.717) is 5.56 Å². The van der Waals surface area contributed by atoms with Gasteiger partial charge in [0.05, 0.1) is 17.3 Å². The van der Waals surface area contributed by atoms with Crippen LogP contribution in [0.15, 0.2) is 84.9 Å². The number of fused-ring (bicyclic) bond motifs is 9. The second kappa shape index (κ2) is 12.7. The van der Waals surface area contributed by atoms with Crippen LogP contribution in [-0.2, 0) is 17.1 Å². The Kier molecular flexibility index (Phi) is 8.36. The maximum absolute atomic E-state index is 9.56. The first-order valence-corrected chi connectivity index (χ1v) is 16.5. The molecular weight excluding hydrogens is 662 g/mol. The summed E-state index contributed by atoms with van der Waals surface area (Å²) in [5, 5.41) is 9.56. The minimum Gasteiger partial charge on any atom is -0.657 e. The number of benzene rings is 3.